The van der Waals surface area contributed by atoms with Crippen LogP contribution in [0.15, 0.2) is 62.2 Å². The predicted molar refractivity (Wildman–Crippen MR) is 103 cm³/mol. The largest absolute Gasteiger partial charge is 0.439 e. The Bertz CT molecular complexity index is 1150. The van der Waals surface area contributed by atoms with Gasteiger partial charge in [0.25, 0.3) is 0 Å². The van der Waals surface area contributed by atoms with Crippen LogP contribution in [0.2, 0.25) is 5.02 Å². The second-order valence-electron chi connectivity index (χ2n) is 5.83. The molecule has 132 valence electrons. The average Bonchev–Trinajstić information content (AvgIpc) is 3.02. The molecule has 2 aromatic heterocycles. The Morgan fingerprint density at radius 2 is 1.96 bits per heavy atom. The zero-order chi connectivity index (χ0) is 18.1. The number of ether oxygens (including phenoxy) is 1. The number of furan rings is 1. The molecular weight excluding hydrogens is 354 g/mol. The maximum atomic E-state index is 12.7. The summed E-state index contributed by atoms with van der Waals surface area (Å²) in [7, 11) is 1.63. The molecule has 0 bridgehead atoms. The molecule has 0 fully saturated rings. The molecule has 2 heterocycles. The van der Waals surface area contributed by atoms with Gasteiger partial charge in [-0.1, -0.05) is 35.9 Å². The number of hydrogen-bond acceptors (Lipinski definition) is 5. The molecule has 0 atom stereocenters. The molecule has 4 aromatic rings. The highest BCUT2D eigenvalue weighted by atomic mass is 35.5. The van der Waals surface area contributed by atoms with Crippen LogP contribution in [-0.4, -0.2) is 20.3 Å². The standard InChI is InChI=1S/C20H16ClNO4/c1-24-10-9-22-19-16(12-5-4-6-13(21)11-12)17-18(26-19)14-7-2-3-8-15(14)25-20(17)23/h2-8,11,22H,9-10H2,1H3. The number of methoxy groups -OCH3 is 1. The predicted octanol–water partition coefficient (Wildman–Crippen LogP) is 4.92. The first-order valence-corrected chi connectivity index (χ1v) is 8.54. The molecule has 0 aliphatic carbocycles. The Kier molecular flexibility index (Phi) is 4.41. The molecule has 4 rings (SSSR count). The molecule has 0 aliphatic heterocycles. The lowest BCUT2D eigenvalue weighted by Crippen LogP contribution is -2.07. The second kappa shape index (κ2) is 6.86. The number of anilines is 1. The first-order chi connectivity index (χ1) is 12.7. The van der Waals surface area contributed by atoms with Gasteiger partial charge in [0.1, 0.15) is 11.0 Å². The number of hydrogen-bond donors (Lipinski definition) is 1. The van der Waals surface area contributed by atoms with Gasteiger partial charge in [0.05, 0.1) is 17.6 Å². The molecular formula is C20H16ClNO4. The van der Waals surface area contributed by atoms with E-state index in [1.165, 1.54) is 0 Å². The normalized spacial score (nSPS) is 11.3. The van der Waals surface area contributed by atoms with Gasteiger partial charge in [-0.15, -0.1) is 0 Å². The topological polar surface area (TPSA) is 64.6 Å². The molecule has 0 aliphatic rings. The summed E-state index contributed by atoms with van der Waals surface area (Å²) in [5.74, 6) is 0.489. The first kappa shape index (κ1) is 16.7. The minimum Gasteiger partial charge on any atom is -0.439 e. The zero-order valence-electron chi connectivity index (χ0n) is 14.0. The monoisotopic (exact) mass is 369 g/mol. The number of benzene rings is 2. The third-order valence-corrected chi connectivity index (χ3v) is 4.39. The molecule has 0 unspecified atom stereocenters. The van der Waals surface area contributed by atoms with Gasteiger partial charge in [0, 0.05) is 18.7 Å². The fourth-order valence-corrected chi connectivity index (χ4v) is 3.21. The molecule has 1 N–H and O–H groups in total. The van der Waals surface area contributed by atoms with Crippen LogP contribution in [0.25, 0.3) is 33.1 Å². The summed E-state index contributed by atoms with van der Waals surface area (Å²) in [6, 6.07) is 14.6. The summed E-state index contributed by atoms with van der Waals surface area (Å²) < 4.78 is 16.7. The summed E-state index contributed by atoms with van der Waals surface area (Å²) in [5, 5.41) is 4.91. The van der Waals surface area contributed by atoms with Crippen molar-refractivity contribution in [2.45, 2.75) is 0 Å². The van der Waals surface area contributed by atoms with Crippen molar-refractivity contribution in [3.05, 3.63) is 64.0 Å². The van der Waals surface area contributed by atoms with Crippen molar-refractivity contribution in [1.82, 2.24) is 0 Å². The highest BCUT2D eigenvalue weighted by Gasteiger charge is 2.22. The van der Waals surface area contributed by atoms with Crippen LogP contribution in [0, 0.1) is 0 Å². The minimum absolute atomic E-state index is 0.394. The van der Waals surface area contributed by atoms with Gasteiger partial charge in [0.15, 0.2) is 5.58 Å². The highest BCUT2D eigenvalue weighted by molar-refractivity contribution is 6.31. The molecule has 6 heteroatoms. The lowest BCUT2D eigenvalue weighted by atomic mass is 10.0. The van der Waals surface area contributed by atoms with Crippen molar-refractivity contribution in [2.75, 3.05) is 25.6 Å². The van der Waals surface area contributed by atoms with Gasteiger partial charge < -0.3 is 18.9 Å². The van der Waals surface area contributed by atoms with Gasteiger partial charge in [-0.05, 0) is 29.8 Å². The molecule has 26 heavy (non-hydrogen) atoms. The Balaban J connectivity index is 2.04. The number of rotatable bonds is 5. The van der Waals surface area contributed by atoms with E-state index in [0.29, 0.717) is 46.2 Å². The fourth-order valence-electron chi connectivity index (χ4n) is 3.02. The van der Waals surface area contributed by atoms with Crippen molar-refractivity contribution in [2.24, 2.45) is 0 Å². The lowest BCUT2D eigenvalue weighted by molar-refractivity contribution is 0.210. The Morgan fingerprint density at radius 1 is 1.12 bits per heavy atom. The summed E-state index contributed by atoms with van der Waals surface area (Å²) in [6.45, 7) is 1.04. The Labute approximate surface area is 154 Å². The van der Waals surface area contributed by atoms with Crippen LogP contribution < -0.4 is 10.9 Å². The molecule has 0 spiro atoms. The third-order valence-electron chi connectivity index (χ3n) is 4.15. The molecule has 5 nitrogen and oxygen atoms in total. The van der Waals surface area contributed by atoms with Crippen molar-refractivity contribution < 1.29 is 13.6 Å². The first-order valence-electron chi connectivity index (χ1n) is 8.16. The van der Waals surface area contributed by atoms with Crippen molar-refractivity contribution >= 4 is 39.4 Å². The van der Waals surface area contributed by atoms with Gasteiger partial charge >= 0.3 is 5.63 Å². The molecule has 0 amide bonds. The van der Waals surface area contributed by atoms with Crippen molar-refractivity contribution in [1.29, 1.82) is 0 Å². The lowest BCUT2D eigenvalue weighted by Gasteiger charge is -2.06. The van der Waals surface area contributed by atoms with E-state index in [-0.39, 0.29) is 0 Å². The maximum Gasteiger partial charge on any atom is 0.348 e. The highest BCUT2D eigenvalue weighted by Crippen LogP contribution is 2.40. The van der Waals surface area contributed by atoms with E-state index < -0.39 is 5.63 Å². The molecule has 0 radical (unpaired) electrons. The SMILES string of the molecule is COCCNc1oc2c(c1-c1cccc(Cl)c1)c(=O)oc1ccccc12. The summed E-state index contributed by atoms with van der Waals surface area (Å²) in [4.78, 5) is 12.7. The van der Waals surface area contributed by atoms with Gasteiger partial charge in [0.2, 0.25) is 5.88 Å². The minimum atomic E-state index is -0.447. The summed E-state index contributed by atoms with van der Waals surface area (Å²) in [6.07, 6.45) is 0. The van der Waals surface area contributed by atoms with E-state index in [1.807, 2.05) is 30.3 Å². The summed E-state index contributed by atoms with van der Waals surface area (Å²) >= 11 is 6.15. The smallest absolute Gasteiger partial charge is 0.348 e. The number of fused-ring (bicyclic) bond motifs is 3. The molecule has 2 aromatic carbocycles. The van der Waals surface area contributed by atoms with E-state index in [0.717, 1.165) is 10.9 Å². The van der Waals surface area contributed by atoms with Crippen molar-refractivity contribution in [3.63, 3.8) is 0 Å². The summed E-state index contributed by atoms with van der Waals surface area (Å²) in [5.41, 5.74) is 1.95. The van der Waals surface area contributed by atoms with Gasteiger partial charge in [-0.2, -0.15) is 0 Å². The van der Waals surface area contributed by atoms with Gasteiger partial charge in [-0.25, -0.2) is 4.79 Å². The van der Waals surface area contributed by atoms with Crippen LogP contribution in [0.3, 0.4) is 0 Å². The number of halogens is 1. The van der Waals surface area contributed by atoms with Gasteiger partial charge in [-0.3, -0.25) is 0 Å². The average molecular weight is 370 g/mol. The maximum absolute atomic E-state index is 12.7. The third kappa shape index (κ3) is 2.85. The van der Waals surface area contributed by atoms with Crippen LogP contribution >= 0.6 is 11.6 Å². The van der Waals surface area contributed by atoms with E-state index >= 15 is 0 Å². The fraction of sp³-hybridized carbons (Fsp3) is 0.150. The second-order valence-corrected chi connectivity index (χ2v) is 6.26. The van der Waals surface area contributed by atoms with Crippen LogP contribution in [-0.2, 0) is 4.74 Å². The molecule has 0 saturated heterocycles. The van der Waals surface area contributed by atoms with E-state index in [9.17, 15) is 4.79 Å². The Hall–Kier alpha value is -2.76. The number of para-hydroxylation sites is 1. The van der Waals surface area contributed by atoms with Crippen LogP contribution in [0.4, 0.5) is 5.88 Å². The quantitative estimate of drug-likeness (QED) is 0.399. The molecule has 0 saturated carbocycles. The van der Waals surface area contributed by atoms with E-state index in [4.69, 9.17) is 25.2 Å². The van der Waals surface area contributed by atoms with Crippen LogP contribution in [0.1, 0.15) is 0 Å². The van der Waals surface area contributed by atoms with E-state index in [2.05, 4.69) is 5.32 Å². The zero-order valence-corrected chi connectivity index (χ0v) is 14.8. The van der Waals surface area contributed by atoms with Crippen LogP contribution in [0.5, 0.6) is 0 Å². The van der Waals surface area contributed by atoms with Crippen molar-refractivity contribution in [3.8, 4) is 11.1 Å². The number of nitrogens with one attached hydrogen (secondary N) is 1. The Morgan fingerprint density at radius 3 is 2.77 bits per heavy atom. The van der Waals surface area contributed by atoms with E-state index in [1.54, 1.807) is 25.3 Å².